The summed E-state index contributed by atoms with van der Waals surface area (Å²) in [4.78, 5) is 10.5. The number of hydrogen-bond acceptors (Lipinski definition) is 3. The Morgan fingerprint density at radius 3 is 2.41 bits per heavy atom. The zero-order valence-corrected chi connectivity index (χ0v) is 9.59. The Morgan fingerprint density at radius 1 is 1.29 bits per heavy atom. The summed E-state index contributed by atoms with van der Waals surface area (Å²) in [6.45, 7) is 0. The molecule has 1 aromatic carbocycles. The van der Waals surface area contributed by atoms with Crippen LogP contribution >= 0.6 is 0 Å². The Hall–Kier alpha value is -1.54. The molecule has 0 atom stereocenters. The molecular weight excluding hydrogens is 254 g/mol. The third-order valence-corrected chi connectivity index (χ3v) is 3.37. The van der Waals surface area contributed by atoms with E-state index >= 15 is 0 Å². The van der Waals surface area contributed by atoms with Crippen molar-refractivity contribution >= 4 is 21.6 Å². The summed E-state index contributed by atoms with van der Waals surface area (Å²) in [5.41, 5.74) is -0.188. The summed E-state index contributed by atoms with van der Waals surface area (Å²) in [5, 5.41) is 1.84. The largest absolute Gasteiger partial charge is 0.320 e. The van der Waals surface area contributed by atoms with Gasteiger partial charge in [-0.2, -0.15) is 8.78 Å². The third-order valence-electron chi connectivity index (χ3n) is 1.90. The van der Waals surface area contributed by atoms with E-state index < -0.39 is 22.4 Å². The molecule has 0 saturated heterocycles. The Balaban J connectivity index is 3.14. The van der Waals surface area contributed by atoms with Crippen molar-refractivity contribution in [2.24, 2.45) is 0 Å². The highest BCUT2D eigenvalue weighted by Crippen LogP contribution is 2.20. The van der Waals surface area contributed by atoms with Gasteiger partial charge in [-0.25, -0.2) is 13.1 Å². The number of rotatable bonds is 4. The molecule has 0 aliphatic heterocycles. The third kappa shape index (κ3) is 3.21. The lowest BCUT2D eigenvalue weighted by Gasteiger charge is -2.10. The van der Waals surface area contributed by atoms with Crippen LogP contribution in [-0.4, -0.2) is 27.8 Å². The van der Waals surface area contributed by atoms with Crippen molar-refractivity contribution < 1.29 is 22.0 Å². The maximum absolute atomic E-state index is 12.0. The van der Waals surface area contributed by atoms with Gasteiger partial charge in [0.25, 0.3) is 5.91 Å². The van der Waals surface area contributed by atoms with Gasteiger partial charge < -0.3 is 5.32 Å². The molecule has 0 aliphatic carbocycles. The van der Waals surface area contributed by atoms with Crippen LogP contribution in [-0.2, 0) is 14.8 Å². The molecule has 0 aromatic heterocycles. The maximum Gasteiger partial charge on any atom is 0.315 e. The predicted molar refractivity (Wildman–Crippen MR) is 57.3 cm³/mol. The molecule has 1 aromatic rings. The van der Waals surface area contributed by atoms with Gasteiger partial charge in [0.2, 0.25) is 10.0 Å². The second-order valence-corrected chi connectivity index (χ2v) is 4.85. The summed E-state index contributed by atoms with van der Waals surface area (Å²) < 4.78 is 49.2. The van der Waals surface area contributed by atoms with Crippen molar-refractivity contribution in [2.45, 2.75) is 11.3 Å². The van der Waals surface area contributed by atoms with E-state index in [0.29, 0.717) is 0 Å². The Kier molecular flexibility index (Phi) is 4.13. The Labute approximate surface area is 96.9 Å². The summed E-state index contributed by atoms with van der Waals surface area (Å²) in [6.07, 6.45) is -3.21. The first-order chi connectivity index (χ1) is 7.88. The second-order valence-electron chi connectivity index (χ2n) is 2.99. The molecule has 5 nitrogen and oxygen atoms in total. The number of halogens is 2. The number of alkyl halides is 2. The van der Waals surface area contributed by atoms with E-state index in [1.807, 2.05) is 10.0 Å². The molecule has 1 amide bonds. The van der Waals surface area contributed by atoms with Crippen LogP contribution in [0, 0.1) is 0 Å². The SMILES string of the molecule is CNS(=O)(=O)c1ccccc1NC(=O)C(F)F. The van der Waals surface area contributed by atoms with Crippen LogP contribution in [0.1, 0.15) is 0 Å². The fourth-order valence-electron chi connectivity index (χ4n) is 1.10. The summed E-state index contributed by atoms with van der Waals surface area (Å²) in [5.74, 6) is -1.55. The van der Waals surface area contributed by atoms with Crippen LogP contribution < -0.4 is 10.0 Å². The molecule has 8 heteroatoms. The van der Waals surface area contributed by atoms with Gasteiger partial charge in [-0.15, -0.1) is 0 Å². The number of nitrogens with one attached hydrogen (secondary N) is 2. The van der Waals surface area contributed by atoms with Crippen LogP contribution in [0.5, 0.6) is 0 Å². The first-order valence-electron chi connectivity index (χ1n) is 4.50. The lowest BCUT2D eigenvalue weighted by atomic mass is 10.3. The van der Waals surface area contributed by atoms with Gasteiger partial charge in [0.1, 0.15) is 4.90 Å². The van der Waals surface area contributed by atoms with E-state index in [0.717, 1.165) is 0 Å². The van der Waals surface area contributed by atoms with Crippen molar-refractivity contribution in [2.75, 3.05) is 12.4 Å². The Bertz CT molecular complexity index is 517. The number of carbonyl (C=O) groups excluding carboxylic acids is 1. The highest BCUT2D eigenvalue weighted by Gasteiger charge is 2.21. The average Bonchev–Trinajstić information content (AvgIpc) is 2.29. The number of benzene rings is 1. The van der Waals surface area contributed by atoms with Crippen LogP contribution in [0.2, 0.25) is 0 Å². The first-order valence-corrected chi connectivity index (χ1v) is 5.98. The molecule has 2 N–H and O–H groups in total. The standard InChI is InChI=1S/C9H10F2N2O3S/c1-12-17(15,16)7-5-3-2-4-6(7)13-9(14)8(10)11/h2-5,8,12H,1H3,(H,13,14). The van der Waals surface area contributed by atoms with Gasteiger partial charge in [0, 0.05) is 0 Å². The van der Waals surface area contributed by atoms with E-state index in [4.69, 9.17) is 0 Å². The molecule has 0 bridgehead atoms. The lowest BCUT2D eigenvalue weighted by molar-refractivity contribution is -0.126. The number of anilines is 1. The van der Waals surface area contributed by atoms with Crippen molar-refractivity contribution in [3.63, 3.8) is 0 Å². The van der Waals surface area contributed by atoms with Crippen molar-refractivity contribution in [3.8, 4) is 0 Å². The molecule has 0 spiro atoms. The highest BCUT2D eigenvalue weighted by atomic mass is 32.2. The molecule has 0 saturated carbocycles. The van der Waals surface area contributed by atoms with Crippen LogP contribution in [0.4, 0.5) is 14.5 Å². The fraction of sp³-hybridized carbons (Fsp3) is 0.222. The van der Waals surface area contributed by atoms with Crippen molar-refractivity contribution in [1.82, 2.24) is 4.72 Å². The average molecular weight is 264 g/mol. The number of para-hydroxylation sites is 1. The van der Waals surface area contributed by atoms with Gasteiger partial charge in [-0.3, -0.25) is 4.79 Å². The monoisotopic (exact) mass is 264 g/mol. The quantitative estimate of drug-likeness (QED) is 0.844. The minimum absolute atomic E-state index is 0.188. The molecule has 0 aliphatic rings. The highest BCUT2D eigenvalue weighted by molar-refractivity contribution is 7.89. The molecule has 0 fully saturated rings. The zero-order chi connectivity index (χ0) is 13.1. The lowest BCUT2D eigenvalue weighted by Crippen LogP contribution is -2.24. The first kappa shape index (κ1) is 13.5. The zero-order valence-electron chi connectivity index (χ0n) is 8.78. The number of hydrogen-bond donors (Lipinski definition) is 2. The maximum atomic E-state index is 12.0. The van der Waals surface area contributed by atoms with Crippen LogP contribution in [0.3, 0.4) is 0 Å². The summed E-state index contributed by atoms with van der Waals surface area (Å²) >= 11 is 0. The van der Waals surface area contributed by atoms with E-state index in [-0.39, 0.29) is 10.6 Å². The topological polar surface area (TPSA) is 75.3 Å². The minimum Gasteiger partial charge on any atom is -0.320 e. The molecular formula is C9H10F2N2O3S. The predicted octanol–water partition coefficient (Wildman–Crippen LogP) is 0.798. The van der Waals surface area contributed by atoms with E-state index in [9.17, 15) is 22.0 Å². The van der Waals surface area contributed by atoms with Gasteiger partial charge in [-0.1, -0.05) is 12.1 Å². The van der Waals surface area contributed by atoms with Crippen molar-refractivity contribution in [1.29, 1.82) is 0 Å². The summed E-state index contributed by atoms with van der Waals surface area (Å²) in [7, 11) is -2.63. The molecule has 0 heterocycles. The second kappa shape index (κ2) is 5.19. The van der Waals surface area contributed by atoms with Crippen molar-refractivity contribution in [3.05, 3.63) is 24.3 Å². The molecule has 0 unspecified atom stereocenters. The summed E-state index contributed by atoms with van der Waals surface area (Å²) in [6, 6.07) is 5.27. The molecule has 94 valence electrons. The normalized spacial score (nSPS) is 11.5. The Morgan fingerprint density at radius 2 is 1.88 bits per heavy atom. The van der Waals surface area contributed by atoms with Gasteiger partial charge >= 0.3 is 6.43 Å². The fourth-order valence-corrected chi connectivity index (χ4v) is 1.99. The van der Waals surface area contributed by atoms with E-state index in [1.54, 1.807) is 0 Å². The number of amides is 1. The van der Waals surface area contributed by atoms with Gasteiger partial charge in [-0.05, 0) is 19.2 Å². The molecule has 1 rings (SSSR count). The number of sulfonamides is 1. The van der Waals surface area contributed by atoms with E-state index in [1.165, 1.54) is 31.3 Å². The van der Waals surface area contributed by atoms with Gasteiger partial charge in [0.05, 0.1) is 5.69 Å². The minimum atomic E-state index is -3.81. The smallest absolute Gasteiger partial charge is 0.315 e. The number of carbonyl (C=O) groups is 1. The molecule has 17 heavy (non-hydrogen) atoms. The molecule has 0 radical (unpaired) electrons. The van der Waals surface area contributed by atoms with Crippen LogP contribution in [0.25, 0.3) is 0 Å². The van der Waals surface area contributed by atoms with Gasteiger partial charge in [0.15, 0.2) is 0 Å². The van der Waals surface area contributed by atoms with Crippen LogP contribution in [0.15, 0.2) is 29.2 Å². The van der Waals surface area contributed by atoms with E-state index in [2.05, 4.69) is 0 Å².